The zero-order valence-electron chi connectivity index (χ0n) is 11.0. The maximum atomic E-state index is 11.7. The molecule has 0 heterocycles. The number of unbranched alkanes of at least 4 members (excludes halogenated alkanes) is 1. The number of benzene rings is 1. The Morgan fingerprint density at radius 1 is 1.29 bits per heavy atom. The van der Waals surface area contributed by atoms with Gasteiger partial charge in [0, 0.05) is 12.2 Å². The molecule has 1 aromatic carbocycles. The normalized spacial score (nSPS) is 10.1. The molecule has 0 aliphatic rings. The van der Waals surface area contributed by atoms with Crippen molar-refractivity contribution in [3.63, 3.8) is 0 Å². The Morgan fingerprint density at radius 3 is 2.71 bits per heavy atom. The van der Waals surface area contributed by atoms with Crippen molar-refractivity contribution in [2.45, 2.75) is 40.0 Å². The summed E-state index contributed by atoms with van der Waals surface area (Å²) in [5.41, 5.74) is 3.23. The lowest BCUT2D eigenvalue weighted by Crippen LogP contribution is -2.30. The van der Waals surface area contributed by atoms with Crippen molar-refractivity contribution in [2.24, 2.45) is 0 Å². The van der Waals surface area contributed by atoms with Crippen LogP contribution in [0.3, 0.4) is 0 Å². The molecule has 94 valence electrons. The molecule has 0 aromatic heterocycles. The number of carbonyl (C=O) groups is 1. The maximum absolute atomic E-state index is 11.7. The van der Waals surface area contributed by atoms with Gasteiger partial charge in [0.05, 0.1) is 0 Å². The molecule has 0 aliphatic heterocycles. The molecular weight excluding hydrogens is 212 g/mol. The first kappa shape index (κ1) is 13.6. The van der Waals surface area contributed by atoms with Gasteiger partial charge in [0.2, 0.25) is 0 Å². The van der Waals surface area contributed by atoms with Gasteiger partial charge in [-0.1, -0.05) is 38.5 Å². The third-order valence-corrected chi connectivity index (χ3v) is 2.79. The number of anilines is 1. The average molecular weight is 234 g/mol. The third-order valence-electron chi connectivity index (χ3n) is 2.79. The summed E-state index contributed by atoms with van der Waals surface area (Å²) >= 11 is 0. The maximum Gasteiger partial charge on any atom is 0.319 e. The fourth-order valence-electron chi connectivity index (χ4n) is 1.74. The van der Waals surface area contributed by atoms with Crippen molar-refractivity contribution in [3.8, 4) is 0 Å². The van der Waals surface area contributed by atoms with E-state index >= 15 is 0 Å². The lowest BCUT2D eigenvalue weighted by Gasteiger charge is -2.13. The minimum absolute atomic E-state index is 0.109. The zero-order valence-corrected chi connectivity index (χ0v) is 11.0. The Kier molecular flexibility index (Phi) is 5.53. The van der Waals surface area contributed by atoms with Crippen molar-refractivity contribution >= 4 is 11.7 Å². The Hall–Kier alpha value is -1.51. The highest BCUT2D eigenvalue weighted by atomic mass is 16.2. The van der Waals surface area contributed by atoms with Gasteiger partial charge in [-0.05, 0) is 30.9 Å². The van der Waals surface area contributed by atoms with Gasteiger partial charge in [-0.15, -0.1) is 0 Å². The number of amides is 2. The van der Waals surface area contributed by atoms with Gasteiger partial charge in [0.1, 0.15) is 0 Å². The lowest BCUT2D eigenvalue weighted by atomic mass is 10.1. The van der Waals surface area contributed by atoms with Crippen LogP contribution in [0.1, 0.15) is 37.8 Å². The first-order valence-corrected chi connectivity index (χ1v) is 6.32. The molecule has 0 bridgehead atoms. The van der Waals surface area contributed by atoms with E-state index in [1.807, 2.05) is 19.1 Å². The second-order valence-electron chi connectivity index (χ2n) is 4.20. The molecule has 17 heavy (non-hydrogen) atoms. The van der Waals surface area contributed by atoms with Crippen LogP contribution >= 0.6 is 0 Å². The van der Waals surface area contributed by atoms with Crippen LogP contribution in [0.15, 0.2) is 18.2 Å². The number of hydrogen-bond donors (Lipinski definition) is 2. The van der Waals surface area contributed by atoms with E-state index in [2.05, 4.69) is 30.5 Å². The molecular formula is C14H22N2O. The van der Waals surface area contributed by atoms with Gasteiger partial charge in [-0.25, -0.2) is 4.79 Å². The molecule has 0 unspecified atom stereocenters. The zero-order chi connectivity index (χ0) is 12.7. The van der Waals surface area contributed by atoms with E-state index in [1.54, 1.807) is 0 Å². The minimum Gasteiger partial charge on any atom is -0.338 e. The van der Waals surface area contributed by atoms with Gasteiger partial charge >= 0.3 is 6.03 Å². The summed E-state index contributed by atoms with van der Waals surface area (Å²) < 4.78 is 0. The van der Waals surface area contributed by atoms with Crippen molar-refractivity contribution in [3.05, 3.63) is 29.3 Å². The van der Waals surface area contributed by atoms with E-state index in [0.29, 0.717) is 0 Å². The lowest BCUT2D eigenvalue weighted by molar-refractivity contribution is 0.252. The fraction of sp³-hybridized carbons (Fsp3) is 0.500. The number of aryl methyl sites for hydroxylation is 2. The summed E-state index contributed by atoms with van der Waals surface area (Å²) in [6.07, 6.45) is 3.03. The van der Waals surface area contributed by atoms with Crippen molar-refractivity contribution in [1.82, 2.24) is 5.32 Å². The smallest absolute Gasteiger partial charge is 0.319 e. The molecule has 0 atom stereocenters. The van der Waals surface area contributed by atoms with Crippen LogP contribution in [0.2, 0.25) is 0 Å². The monoisotopic (exact) mass is 234 g/mol. The summed E-state index contributed by atoms with van der Waals surface area (Å²) in [5, 5.41) is 5.80. The highest BCUT2D eigenvalue weighted by molar-refractivity contribution is 5.91. The standard InChI is InChI=1S/C14H22N2O/c1-4-6-10-15-14(17)16-13-11(3)8-7-9-12(13)5-2/h7-9H,4-6,10H2,1-3H3,(H2,15,16,17). The fourth-order valence-corrected chi connectivity index (χ4v) is 1.74. The summed E-state index contributed by atoms with van der Waals surface area (Å²) in [4.78, 5) is 11.7. The number of urea groups is 1. The highest BCUT2D eigenvalue weighted by Crippen LogP contribution is 2.20. The summed E-state index contributed by atoms with van der Waals surface area (Å²) in [6.45, 7) is 6.95. The van der Waals surface area contributed by atoms with Crippen LogP contribution in [0.25, 0.3) is 0 Å². The molecule has 0 saturated carbocycles. The van der Waals surface area contributed by atoms with Gasteiger partial charge in [0.15, 0.2) is 0 Å². The molecule has 1 rings (SSSR count). The molecule has 1 aromatic rings. The van der Waals surface area contributed by atoms with E-state index in [1.165, 1.54) is 5.56 Å². The first-order chi connectivity index (χ1) is 8.19. The summed E-state index contributed by atoms with van der Waals surface area (Å²) in [5.74, 6) is 0. The predicted molar refractivity (Wildman–Crippen MR) is 72.5 cm³/mol. The second-order valence-corrected chi connectivity index (χ2v) is 4.20. The van der Waals surface area contributed by atoms with Crippen LogP contribution in [-0.2, 0) is 6.42 Å². The summed E-state index contributed by atoms with van der Waals surface area (Å²) in [7, 11) is 0. The molecule has 0 aliphatic carbocycles. The van der Waals surface area contributed by atoms with Crippen LogP contribution < -0.4 is 10.6 Å². The van der Waals surface area contributed by atoms with Crippen molar-refractivity contribution < 1.29 is 4.79 Å². The van der Waals surface area contributed by atoms with Crippen LogP contribution in [0, 0.1) is 6.92 Å². The molecule has 0 fully saturated rings. The average Bonchev–Trinajstić information content (AvgIpc) is 2.32. The largest absolute Gasteiger partial charge is 0.338 e. The van der Waals surface area contributed by atoms with E-state index in [9.17, 15) is 4.79 Å². The van der Waals surface area contributed by atoms with Gasteiger partial charge in [-0.3, -0.25) is 0 Å². The summed E-state index contributed by atoms with van der Waals surface area (Å²) in [6, 6.07) is 5.98. The topological polar surface area (TPSA) is 41.1 Å². The highest BCUT2D eigenvalue weighted by Gasteiger charge is 2.07. The number of nitrogens with one attached hydrogen (secondary N) is 2. The SMILES string of the molecule is CCCCNC(=O)Nc1c(C)cccc1CC. The van der Waals surface area contributed by atoms with Gasteiger partial charge in [0.25, 0.3) is 0 Å². The van der Waals surface area contributed by atoms with Crippen molar-refractivity contribution in [2.75, 3.05) is 11.9 Å². The molecule has 0 spiro atoms. The van der Waals surface area contributed by atoms with Gasteiger partial charge in [-0.2, -0.15) is 0 Å². The van der Waals surface area contributed by atoms with E-state index in [-0.39, 0.29) is 6.03 Å². The molecule has 2 amide bonds. The Bertz CT molecular complexity index is 374. The first-order valence-electron chi connectivity index (χ1n) is 6.32. The third kappa shape index (κ3) is 4.10. The van der Waals surface area contributed by atoms with E-state index < -0.39 is 0 Å². The Balaban J connectivity index is 2.64. The molecule has 3 heteroatoms. The molecule has 0 radical (unpaired) electrons. The van der Waals surface area contributed by atoms with E-state index in [4.69, 9.17) is 0 Å². The number of hydrogen-bond acceptors (Lipinski definition) is 1. The van der Waals surface area contributed by atoms with E-state index in [0.717, 1.165) is 37.1 Å². The van der Waals surface area contributed by atoms with Crippen molar-refractivity contribution in [1.29, 1.82) is 0 Å². The molecule has 0 saturated heterocycles. The minimum atomic E-state index is -0.109. The van der Waals surface area contributed by atoms with Crippen LogP contribution in [0.5, 0.6) is 0 Å². The van der Waals surface area contributed by atoms with Crippen LogP contribution in [0.4, 0.5) is 10.5 Å². The number of para-hydroxylation sites is 1. The number of rotatable bonds is 5. The molecule has 3 nitrogen and oxygen atoms in total. The predicted octanol–water partition coefficient (Wildman–Crippen LogP) is 3.48. The quantitative estimate of drug-likeness (QED) is 0.752. The molecule has 2 N–H and O–H groups in total. The van der Waals surface area contributed by atoms with Gasteiger partial charge < -0.3 is 10.6 Å². The van der Waals surface area contributed by atoms with Crippen LogP contribution in [-0.4, -0.2) is 12.6 Å². The Labute approximate surface area is 104 Å². The Morgan fingerprint density at radius 2 is 2.06 bits per heavy atom. The second kappa shape index (κ2) is 6.94. The number of carbonyl (C=O) groups excluding carboxylic acids is 1.